The summed E-state index contributed by atoms with van der Waals surface area (Å²) in [7, 11) is 1.66. The summed E-state index contributed by atoms with van der Waals surface area (Å²) in [4.78, 5) is 0. The Bertz CT molecular complexity index is 496. The summed E-state index contributed by atoms with van der Waals surface area (Å²) in [5.74, 6) is 1.70. The average molecular weight is 271 g/mol. The molecule has 20 heavy (non-hydrogen) atoms. The first-order valence-corrected chi connectivity index (χ1v) is 6.85. The van der Waals surface area contributed by atoms with E-state index in [1.54, 1.807) is 7.11 Å². The molecular weight excluding hydrogens is 250 g/mol. The normalized spacial score (nSPS) is 11.9. The molecule has 0 bridgehead atoms. The minimum absolute atomic E-state index is 0.329. The van der Waals surface area contributed by atoms with Crippen LogP contribution >= 0.6 is 0 Å². The van der Waals surface area contributed by atoms with Crippen molar-refractivity contribution in [2.45, 2.75) is 13.0 Å². The van der Waals surface area contributed by atoms with Crippen LogP contribution in [0.2, 0.25) is 0 Å². The SMILES string of the molecule is COc1ccc(OCCN[C@@H](C)c2ccccc2)cc1. The molecule has 0 radical (unpaired) electrons. The quantitative estimate of drug-likeness (QED) is 0.783. The fraction of sp³-hybridized carbons (Fsp3) is 0.294. The molecule has 106 valence electrons. The molecular formula is C17H21NO2. The molecule has 0 amide bonds. The van der Waals surface area contributed by atoms with Gasteiger partial charge < -0.3 is 14.8 Å². The summed E-state index contributed by atoms with van der Waals surface area (Å²) in [6, 6.07) is 18.4. The van der Waals surface area contributed by atoms with Gasteiger partial charge in [-0.2, -0.15) is 0 Å². The van der Waals surface area contributed by atoms with Crippen LogP contribution < -0.4 is 14.8 Å². The minimum Gasteiger partial charge on any atom is -0.497 e. The smallest absolute Gasteiger partial charge is 0.119 e. The number of ether oxygens (including phenoxy) is 2. The Morgan fingerprint density at radius 1 is 0.950 bits per heavy atom. The van der Waals surface area contributed by atoms with Crippen LogP contribution in [0.1, 0.15) is 18.5 Å². The van der Waals surface area contributed by atoms with Gasteiger partial charge in [-0.25, -0.2) is 0 Å². The van der Waals surface area contributed by atoms with Gasteiger partial charge in [0.05, 0.1) is 7.11 Å². The first-order valence-electron chi connectivity index (χ1n) is 6.85. The van der Waals surface area contributed by atoms with Gasteiger partial charge in [0.1, 0.15) is 18.1 Å². The number of hydrogen-bond acceptors (Lipinski definition) is 3. The Kier molecular flexibility index (Phi) is 5.44. The van der Waals surface area contributed by atoms with Crippen LogP contribution in [0.15, 0.2) is 54.6 Å². The highest BCUT2D eigenvalue weighted by Gasteiger charge is 2.03. The molecule has 0 aliphatic carbocycles. The predicted molar refractivity (Wildman–Crippen MR) is 81.3 cm³/mol. The minimum atomic E-state index is 0.329. The molecule has 0 spiro atoms. The molecule has 2 aromatic rings. The number of rotatable bonds is 7. The summed E-state index contributed by atoms with van der Waals surface area (Å²) >= 11 is 0. The van der Waals surface area contributed by atoms with Crippen molar-refractivity contribution in [1.82, 2.24) is 5.32 Å². The van der Waals surface area contributed by atoms with Crippen LogP contribution in [0.4, 0.5) is 0 Å². The third-order valence-electron chi connectivity index (χ3n) is 3.18. The highest BCUT2D eigenvalue weighted by Crippen LogP contribution is 2.17. The maximum atomic E-state index is 5.67. The van der Waals surface area contributed by atoms with E-state index in [0.29, 0.717) is 12.6 Å². The first-order chi connectivity index (χ1) is 9.79. The molecule has 0 fully saturated rings. The average Bonchev–Trinajstić information content (AvgIpc) is 2.53. The molecule has 3 nitrogen and oxygen atoms in total. The van der Waals surface area contributed by atoms with Crippen molar-refractivity contribution in [3.8, 4) is 11.5 Å². The monoisotopic (exact) mass is 271 g/mol. The van der Waals surface area contributed by atoms with Crippen molar-refractivity contribution in [2.24, 2.45) is 0 Å². The molecule has 0 aromatic heterocycles. The summed E-state index contributed by atoms with van der Waals surface area (Å²) in [5, 5.41) is 3.44. The molecule has 0 aliphatic heterocycles. The van der Waals surface area contributed by atoms with Gasteiger partial charge in [-0.1, -0.05) is 30.3 Å². The van der Waals surface area contributed by atoms with Crippen LogP contribution in [0.25, 0.3) is 0 Å². The second kappa shape index (κ2) is 7.56. The van der Waals surface area contributed by atoms with Crippen molar-refractivity contribution in [3.05, 3.63) is 60.2 Å². The van der Waals surface area contributed by atoms with Crippen molar-refractivity contribution >= 4 is 0 Å². The summed E-state index contributed by atoms with van der Waals surface area (Å²) in [5.41, 5.74) is 1.29. The van der Waals surface area contributed by atoms with Crippen molar-refractivity contribution in [1.29, 1.82) is 0 Å². The molecule has 0 unspecified atom stereocenters. The molecule has 0 saturated carbocycles. The summed E-state index contributed by atoms with van der Waals surface area (Å²) in [6.45, 7) is 3.61. The Morgan fingerprint density at radius 2 is 1.60 bits per heavy atom. The lowest BCUT2D eigenvalue weighted by Gasteiger charge is -2.14. The maximum absolute atomic E-state index is 5.67. The molecule has 2 aromatic carbocycles. The van der Waals surface area contributed by atoms with Gasteiger partial charge in [0.2, 0.25) is 0 Å². The number of nitrogens with one attached hydrogen (secondary N) is 1. The summed E-state index contributed by atoms with van der Waals surface area (Å²) in [6.07, 6.45) is 0. The third kappa shape index (κ3) is 4.28. The fourth-order valence-corrected chi connectivity index (χ4v) is 1.98. The van der Waals surface area contributed by atoms with Gasteiger partial charge in [0.25, 0.3) is 0 Å². The van der Waals surface area contributed by atoms with E-state index < -0.39 is 0 Å². The molecule has 1 N–H and O–H groups in total. The standard InChI is InChI=1S/C17H21NO2/c1-14(15-6-4-3-5-7-15)18-12-13-20-17-10-8-16(19-2)9-11-17/h3-11,14,18H,12-13H2,1-2H3/t14-/m0/s1. The lowest BCUT2D eigenvalue weighted by atomic mass is 10.1. The first kappa shape index (κ1) is 14.4. The van der Waals surface area contributed by atoms with Crippen LogP contribution in [-0.4, -0.2) is 20.3 Å². The Balaban J connectivity index is 1.70. The lowest BCUT2D eigenvalue weighted by molar-refractivity contribution is 0.307. The van der Waals surface area contributed by atoms with Crippen LogP contribution in [0.3, 0.4) is 0 Å². The van der Waals surface area contributed by atoms with Gasteiger partial charge in [0.15, 0.2) is 0 Å². The molecule has 3 heteroatoms. The lowest BCUT2D eigenvalue weighted by Crippen LogP contribution is -2.24. The third-order valence-corrected chi connectivity index (χ3v) is 3.18. The summed E-state index contributed by atoms with van der Waals surface area (Å²) < 4.78 is 10.8. The van der Waals surface area contributed by atoms with Gasteiger partial charge in [-0.15, -0.1) is 0 Å². The Labute approximate surface area is 120 Å². The van der Waals surface area contributed by atoms with E-state index in [1.165, 1.54) is 5.56 Å². The number of methoxy groups -OCH3 is 1. The number of benzene rings is 2. The van der Waals surface area contributed by atoms with E-state index in [0.717, 1.165) is 18.0 Å². The fourth-order valence-electron chi connectivity index (χ4n) is 1.98. The molecule has 1 atom stereocenters. The van der Waals surface area contributed by atoms with Crippen molar-refractivity contribution < 1.29 is 9.47 Å². The van der Waals surface area contributed by atoms with Gasteiger partial charge >= 0.3 is 0 Å². The zero-order valence-electron chi connectivity index (χ0n) is 12.0. The van der Waals surface area contributed by atoms with Gasteiger partial charge in [-0.05, 0) is 36.8 Å². The van der Waals surface area contributed by atoms with Gasteiger partial charge in [0, 0.05) is 12.6 Å². The van der Waals surface area contributed by atoms with E-state index >= 15 is 0 Å². The van der Waals surface area contributed by atoms with E-state index in [-0.39, 0.29) is 0 Å². The van der Waals surface area contributed by atoms with Crippen LogP contribution in [0.5, 0.6) is 11.5 Å². The molecule has 2 rings (SSSR count). The maximum Gasteiger partial charge on any atom is 0.119 e. The van der Waals surface area contributed by atoms with Crippen molar-refractivity contribution in [3.63, 3.8) is 0 Å². The zero-order chi connectivity index (χ0) is 14.2. The predicted octanol–water partition coefficient (Wildman–Crippen LogP) is 3.42. The topological polar surface area (TPSA) is 30.5 Å². The molecule has 0 aliphatic rings. The van der Waals surface area contributed by atoms with Crippen LogP contribution in [0, 0.1) is 0 Å². The van der Waals surface area contributed by atoms with E-state index in [9.17, 15) is 0 Å². The highest BCUT2D eigenvalue weighted by atomic mass is 16.5. The zero-order valence-corrected chi connectivity index (χ0v) is 12.0. The second-order valence-electron chi connectivity index (χ2n) is 4.61. The molecule has 0 saturated heterocycles. The Hall–Kier alpha value is -2.00. The Morgan fingerprint density at radius 3 is 2.25 bits per heavy atom. The van der Waals surface area contributed by atoms with E-state index in [4.69, 9.17) is 9.47 Å². The van der Waals surface area contributed by atoms with Crippen molar-refractivity contribution in [2.75, 3.05) is 20.3 Å². The largest absolute Gasteiger partial charge is 0.497 e. The van der Waals surface area contributed by atoms with Gasteiger partial charge in [-0.3, -0.25) is 0 Å². The van der Waals surface area contributed by atoms with Crippen LogP contribution in [-0.2, 0) is 0 Å². The van der Waals surface area contributed by atoms with E-state index in [2.05, 4.69) is 36.5 Å². The highest BCUT2D eigenvalue weighted by molar-refractivity contribution is 5.31. The second-order valence-corrected chi connectivity index (χ2v) is 4.61. The van der Waals surface area contributed by atoms with E-state index in [1.807, 2.05) is 30.3 Å². The number of hydrogen-bond donors (Lipinski definition) is 1. The molecule has 0 heterocycles.